The second-order valence-electron chi connectivity index (χ2n) is 12.4. The van der Waals surface area contributed by atoms with Gasteiger partial charge in [0.2, 0.25) is 0 Å². The Balaban J connectivity index is 1.21. The minimum Gasteiger partial charge on any atom is -0.208 e. The number of hydrogen-bond acceptors (Lipinski definition) is 4. The first kappa shape index (κ1) is 27.8. The molecule has 0 aliphatic carbocycles. The van der Waals surface area contributed by atoms with E-state index < -0.39 is 0 Å². The zero-order chi connectivity index (χ0) is 32.3. The van der Waals surface area contributed by atoms with Crippen LogP contribution in [0.4, 0.5) is 0 Å². The summed E-state index contributed by atoms with van der Waals surface area (Å²) in [6, 6.07) is 58.1. The van der Waals surface area contributed by atoms with Gasteiger partial charge in [-0.3, -0.25) is 0 Å². The summed E-state index contributed by atoms with van der Waals surface area (Å²) < 4.78 is 2.63. The third-order valence-electron chi connectivity index (χ3n) is 9.51. The van der Waals surface area contributed by atoms with Crippen molar-refractivity contribution < 1.29 is 0 Å². The quantitative estimate of drug-likeness (QED) is 0.180. The van der Waals surface area contributed by atoms with E-state index >= 15 is 0 Å². The van der Waals surface area contributed by atoms with Crippen molar-refractivity contribution in [2.75, 3.05) is 0 Å². The lowest BCUT2D eigenvalue weighted by molar-refractivity contribution is 1.07. The van der Waals surface area contributed by atoms with Crippen LogP contribution in [-0.4, -0.2) is 15.0 Å². The first-order chi connectivity index (χ1) is 24.3. The van der Waals surface area contributed by atoms with E-state index in [0.29, 0.717) is 17.5 Å². The lowest BCUT2D eigenvalue weighted by atomic mass is 9.90. The van der Waals surface area contributed by atoms with Crippen LogP contribution in [0.15, 0.2) is 164 Å². The SMILES string of the molecule is c1ccc(-c2nc(-c3ccccc3)nc(-c3ccc4c5ccccc5c5cc(-c6cccc7sc8ccccc8c67)ccc5c4c3)n2)cc1. The fourth-order valence-corrected chi connectivity index (χ4v) is 8.35. The summed E-state index contributed by atoms with van der Waals surface area (Å²) in [4.78, 5) is 15.0. The summed E-state index contributed by atoms with van der Waals surface area (Å²) >= 11 is 1.86. The van der Waals surface area contributed by atoms with Gasteiger partial charge in [0.15, 0.2) is 17.5 Å². The summed E-state index contributed by atoms with van der Waals surface area (Å²) in [5, 5.41) is 9.97. The third kappa shape index (κ3) is 4.61. The maximum atomic E-state index is 5.03. The summed E-state index contributed by atoms with van der Waals surface area (Å²) in [5.41, 5.74) is 5.36. The highest BCUT2D eigenvalue weighted by atomic mass is 32.1. The molecule has 8 aromatic carbocycles. The fourth-order valence-electron chi connectivity index (χ4n) is 7.22. The van der Waals surface area contributed by atoms with Crippen molar-refractivity contribution in [1.82, 2.24) is 15.0 Å². The highest BCUT2D eigenvalue weighted by Gasteiger charge is 2.16. The highest BCUT2D eigenvalue weighted by molar-refractivity contribution is 7.25. The summed E-state index contributed by atoms with van der Waals surface area (Å²) in [6.07, 6.45) is 0. The standard InChI is InChI=1S/C45H27N3S/c1-3-12-28(13-4-1)43-46-44(29-14-5-2-6-15-29)48-45(47-43)31-23-25-35-33-16-7-8-17-34(33)38-26-30(22-24-36(38)39(35)27-31)32-19-11-21-41-42(32)37-18-9-10-20-40(37)49-41/h1-27H. The molecule has 0 aliphatic rings. The molecule has 0 spiro atoms. The van der Waals surface area contributed by atoms with Gasteiger partial charge in [0.1, 0.15) is 0 Å². The number of benzene rings is 8. The molecule has 0 aliphatic heterocycles. The predicted molar refractivity (Wildman–Crippen MR) is 207 cm³/mol. The monoisotopic (exact) mass is 641 g/mol. The van der Waals surface area contributed by atoms with Gasteiger partial charge in [0.05, 0.1) is 0 Å². The Labute approximate surface area is 286 Å². The molecule has 2 aromatic heterocycles. The van der Waals surface area contributed by atoms with Gasteiger partial charge in [0, 0.05) is 36.9 Å². The lowest BCUT2D eigenvalue weighted by Crippen LogP contribution is -2.00. The Morgan fingerprint density at radius 1 is 0.306 bits per heavy atom. The Morgan fingerprint density at radius 3 is 1.45 bits per heavy atom. The molecule has 4 heteroatoms. The fraction of sp³-hybridized carbons (Fsp3) is 0. The lowest BCUT2D eigenvalue weighted by Gasteiger charge is -2.14. The minimum atomic E-state index is 0.656. The Bertz CT molecular complexity index is 2820. The molecule has 0 amide bonds. The van der Waals surface area contributed by atoms with Crippen LogP contribution >= 0.6 is 11.3 Å². The van der Waals surface area contributed by atoms with Crippen molar-refractivity contribution in [3.63, 3.8) is 0 Å². The highest BCUT2D eigenvalue weighted by Crippen LogP contribution is 2.43. The number of hydrogen-bond donors (Lipinski definition) is 0. The zero-order valence-electron chi connectivity index (χ0n) is 26.3. The Hall–Kier alpha value is -6.23. The topological polar surface area (TPSA) is 38.7 Å². The average Bonchev–Trinajstić information content (AvgIpc) is 3.57. The van der Waals surface area contributed by atoms with E-state index in [2.05, 4.69) is 103 Å². The van der Waals surface area contributed by atoms with Crippen LogP contribution in [0.1, 0.15) is 0 Å². The number of rotatable bonds is 4. The molecule has 2 heterocycles. The van der Waals surface area contributed by atoms with Crippen LogP contribution in [-0.2, 0) is 0 Å². The van der Waals surface area contributed by atoms with Gasteiger partial charge in [0.25, 0.3) is 0 Å². The van der Waals surface area contributed by atoms with E-state index in [0.717, 1.165) is 16.7 Å². The van der Waals surface area contributed by atoms with Crippen molar-refractivity contribution in [3.8, 4) is 45.3 Å². The van der Waals surface area contributed by atoms with E-state index in [1.54, 1.807) is 0 Å². The first-order valence-corrected chi connectivity index (χ1v) is 17.3. The second-order valence-corrected chi connectivity index (χ2v) is 13.5. The van der Waals surface area contributed by atoms with Gasteiger partial charge in [-0.1, -0.05) is 140 Å². The van der Waals surface area contributed by atoms with Gasteiger partial charge in [-0.05, 0) is 67.7 Å². The maximum Gasteiger partial charge on any atom is 0.164 e. The predicted octanol–water partition coefficient (Wildman–Crippen LogP) is 12.4. The van der Waals surface area contributed by atoms with Gasteiger partial charge in [-0.25, -0.2) is 15.0 Å². The molecule has 3 nitrogen and oxygen atoms in total. The molecule has 0 radical (unpaired) electrons. The zero-order valence-corrected chi connectivity index (χ0v) is 27.2. The molecule has 0 N–H and O–H groups in total. The van der Waals surface area contributed by atoms with Crippen molar-refractivity contribution >= 4 is 63.8 Å². The van der Waals surface area contributed by atoms with Crippen molar-refractivity contribution in [3.05, 3.63) is 164 Å². The molecule has 0 saturated carbocycles. The van der Waals surface area contributed by atoms with E-state index in [-0.39, 0.29) is 0 Å². The molecule has 49 heavy (non-hydrogen) atoms. The van der Waals surface area contributed by atoms with Crippen molar-refractivity contribution in [2.45, 2.75) is 0 Å². The van der Waals surface area contributed by atoms with E-state index in [1.165, 1.54) is 63.6 Å². The molecule has 0 unspecified atom stereocenters. The number of aromatic nitrogens is 3. The number of nitrogens with zero attached hydrogens (tertiary/aromatic N) is 3. The van der Waals surface area contributed by atoms with Crippen LogP contribution in [0.25, 0.3) is 97.8 Å². The normalized spacial score (nSPS) is 11.7. The molecule has 228 valence electrons. The number of thiophene rings is 1. The van der Waals surface area contributed by atoms with Crippen LogP contribution in [0.3, 0.4) is 0 Å². The Kier molecular flexibility index (Phi) is 6.36. The molecular formula is C45H27N3S. The van der Waals surface area contributed by atoms with Gasteiger partial charge in [-0.15, -0.1) is 11.3 Å². The minimum absolute atomic E-state index is 0.656. The van der Waals surface area contributed by atoms with Crippen LogP contribution in [0.2, 0.25) is 0 Å². The van der Waals surface area contributed by atoms with Crippen LogP contribution in [0.5, 0.6) is 0 Å². The summed E-state index contributed by atoms with van der Waals surface area (Å²) in [6.45, 7) is 0. The molecule has 10 rings (SSSR count). The Morgan fingerprint density at radius 2 is 0.776 bits per heavy atom. The third-order valence-corrected chi connectivity index (χ3v) is 10.6. The molecule has 0 atom stereocenters. The van der Waals surface area contributed by atoms with Gasteiger partial charge < -0.3 is 0 Å². The largest absolute Gasteiger partial charge is 0.208 e. The maximum absolute atomic E-state index is 5.03. The summed E-state index contributed by atoms with van der Waals surface area (Å²) in [5.74, 6) is 1.98. The summed E-state index contributed by atoms with van der Waals surface area (Å²) in [7, 11) is 0. The molecule has 0 bridgehead atoms. The van der Waals surface area contributed by atoms with Crippen LogP contribution < -0.4 is 0 Å². The van der Waals surface area contributed by atoms with Crippen LogP contribution in [0, 0.1) is 0 Å². The van der Waals surface area contributed by atoms with E-state index in [4.69, 9.17) is 15.0 Å². The number of fused-ring (bicyclic) bond motifs is 9. The molecular weight excluding hydrogens is 615 g/mol. The smallest absolute Gasteiger partial charge is 0.164 e. The van der Waals surface area contributed by atoms with Crippen molar-refractivity contribution in [1.29, 1.82) is 0 Å². The van der Waals surface area contributed by atoms with Gasteiger partial charge >= 0.3 is 0 Å². The van der Waals surface area contributed by atoms with E-state index in [1.807, 2.05) is 72.0 Å². The first-order valence-electron chi connectivity index (χ1n) is 16.4. The second kappa shape index (κ2) is 11.2. The van der Waals surface area contributed by atoms with E-state index in [9.17, 15) is 0 Å². The van der Waals surface area contributed by atoms with Gasteiger partial charge in [-0.2, -0.15) is 0 Å². The molecule has 0 fully saturated rings. The molecule has 0 saturated heterocycles. The average molecular weight is 642 g/mol. The molecule has 10 aromatic rings. The van der Waals surface area contributed by atoms with Crippen molar-refractivity contribution in [2.24, 2.45) is 0 Å².